The summed E-state index contributed by atoms with van der Waals surface area (Å²) in [6.45, 7) is 1.39. The van der Waals surface area contributed by atoms with Crippen LogP contribution in [0.15, 0.2) is 77.6 Å². The number of hydrogen-bond acceptors (Lipinski definition) is 3. The zero-order valence-corrected chi connectivity index (χ0v) is 17.4. The Bertz CT molecular complexity index is 1420. The number of halogens is 3. The minimum absolute atomic E-state index is 0.225. The summed E-state index contributed by atoms with van der Waals surface area (Å²) in [5.41, 5.74) is 0.765. The van der Waals surface area contributed by atoms with Gasteiger partial charge in [0.2, 0.25) is 5.91 Å². The van der Waals surface area contributed by atoms with Crippen LogP contribution in [0.2, 0.25) is 0 Å². The van der Waals surface area contributed by atoms with Crippen LogP contribution in [0.5, 0.6) is 0 Å². The summed E-state index contributed by atoms with van der Waals surface area (Å²) < 4.78 is 40.5. The van der Waals surface area contributed by atoms with Gasteiger partial charge in [0.25, 0.3) is 5.56 Å². The minimum atomic E-state index is -4.46. The molecule has 1 amide bonds. The first-order valence-corrected chi connectivity index (χ1v) is 9.97. The van der Waals surface area contributed by atoms with Crippen molar-refractivity contribution in [1.29, 1.82) is 0 Å². The van der Waals surface area contributed by atoms with E-state index in [0.717, 1.165) is 12.1 Å². The molecular formula is C25H18F3N3O2. The van der Waals surface area contributed by atoms with Crippen molar-refractivity contribution in [2.24, 2.45) is 0 Å². The molecule has 0 aliphatic rings. The Hall–Kier alpha value is -4.20. The van der Waals surface area contributed by atoms with E-state index in [0.29, 0.717) is 27.8 Å². The van der Waals surface area contributed by atoms with Crippen molar-refractivity contribution in [1.82, 2.24) is 9.55 Å². The Labute approximate surface area is 186 Å². The van der Waals surface area contributed by atoms with Gasteiger partial charge < -0.3 is 5.32 Å². The van der Waals surface area contributed by atoms with Gasteiger partial charge in [-0.15, -0.1) is 0 Å². The Morgan fingerprint density at radius 3 is 2.39 bits per heavy atom. The quantitative estimate of drug-likeness (QED) is 0.445. The number of alkyl halides is 3. The molecular weight excluding hydrogens is 431 g/mol. The lowest BCUT2D eigenvalue weighted by molar-refractivity contribution is -0.137. The summed E-state index contributed by atoms with van der Waals surface area (Å²) in [6, 6.07) is 18.3. The van der Waals surface area contributed by atoms with Gasteiger partial charge in [-0.25, -0.2) is 4.98 Å². The summed E-state index contributed by atoms with van der Waals surface area (Å²) in [7, 11) is 0. The van der Waals surface area contributed by atoms with Crippen LogP contribution in [-0.4, -0.2) is 15.5 Å². The summed E-state index contributed by atoms with van der Waals surface area (Å²) in [5.74, 6) is 0.0281. The normalized spacial score (nSPS) is 11.8. The zero-order chi connectivity index (χ0) is 23.6. The number of hydrogen-bond donors (Lipinski definition) is 1. The number of carbonyl (C=O) groups excluding carboxylic acids is 1. The highest BCUT2D eigenvalue weighted by Gasteiger charge is 2.30. The first kappa shape index (κ1) is 22.0. The molecule has 33 heavy (non-hydrogen) atoms. The number of nitrogens with zero attached hydrogens (tertiary/aromatic N) is 2. The van der Waals surface area contributed by atoms with E-state index in [4.69, 9.17) is 0 Å². The number of fused-ring (bicyclic) bond motifs is 1. The third-order valence-corrected chi connectivity index (χ3v) is 4.89. The predicted octanol–water partition coefficient (Wildman–Crippen LogP) is 5.53. The van der Waals surface area contributed by atoms with Gasteiger partial charge in [0.05, 0.1) is 22.2 Å². The van der Waals surface area contributed by atoms with Crippen LogP contribution in [0, 0.1) is 0 Å². The molecule has 0 radical (unpaired) electrons. The van der Waals surface area contributed by atoms with Crippen molar-refractivity contribution >= 4 is 34.6 Å². The van der Waals surface area contributed by atoms with Gasteiger partial charge in [-0.1, -0.05) is 30.3 Å². The van der Waals surface area contributed by atoms with Crippen LogP contribution in [0.1, 0.15) is 23.9 Å². The number of aromatic nitrogens is 2. The minimum Gasteiger partial charge on any atom is -0.326 e. The average molecular weight is 449 g/mol. The molecule has 4 rings (SSSR count). The van der Waals surface area contributed by atoms with E-state index in [9.17, 15) is 22.8 Å². The van der Waals surface area contributed by atoms with E-state index in [1.165, 1.54) is 35.8 Å². The van der Waals surface area contributed by atoms with Crippen molar-refractivity contribution in [3.8, 4) is 5.69 Å². The number of rotatable bonds is 4. The van der Waals surface area contributed by atoms with E-state index < -0.39 is 11.7 Å². The monoisotopic (exact) mass is 449 g/mol. The molecule has 3 aromatic carbocycles. The van der Waals surface area contributed by atoms with Gasteiger partial charge in [0.15, 0.2) is 0 Å². The first-order chi connectivity index (χ1) is 15.7. The molecule has 0 saturated carbocycles. The Morgan fingerprint density at radius 1 is 0.970 bits per heavy atom. The van der Waals surface area contributed by atoms with Crippen molar-refractivity contribution in [2.45, 2.75) is 13.1 Å². The highest BCUT2D eigenvalue weighted by Crippen LogP contribution is 2.30. The maximum atomic E-state index is 13.3. The molecule has 4 aromatic rings. The van der Waals surface area contributed by atoms with E-state index in [2.05, 4.69) is 10.3 Å². The number of benzene rings is 3. The Kier molecular flexibility index (Phi) is 5.83. The molecule has 0 saturated heterocycles. The van der Waals surface area contributed by atoms with Gasteiger partial charge in [0.1, 0.15) is 5.82 Å². The summed E-state index contributed by atoms with van der Waals surface area (Å²) in [4.78, 5) is 29.1. The van der Waals surface area contributed by atoms with E-state index >= 15 is 0 Å². The third kappa shape index (κ3) is 4.85. The largest absolute Gasteiger partial charge is 0.416 e. The molecule has 1 aromatic heterocycles. The van der Waals surface area contributed by atoms with Crippen molar-refractivity contribution in [2.75, 3.05) is 5.32 Å². The molecule has 0 aliphatic carbocycles. The molecule has 1 heterocycles. The second-order valence-electron chi connectivity index (χ2n) is 7.31. The van der Waals surface area contributed by atoms with Crippen molar-refractivity contribution in [3.63, 3.8) is 0 Å². The average Bonchev–Trinajstić information content (AvgIpc) is 2.78. The van der Waals surface area contributed by atoms with Crippen LogP contribution >= 0.6 is 0 Å². The molecule has 0 unspecified atom stereocenters. The van der Waals surface area contributed by atoms with Gasteiger partial charge in [-0.3, -0.25) is 14.2 Å². The molecule has 1 N–H and O–H groups in total. The fourth-order valence-electron chi connectivity index (χ4n) is 3.40. The Morgan fingerprint density at radius 2 is 1.70 bits per heavy atom. The van der Waals surface area contributed by atoms with Crippen LogP contribution in [0.3, 0.4) is 0 Å². The topological polar surface area (TPSA) is 64.0 Å². The van der Waals surface area contributed by atoms with Crippen LogP contribution in [0.4, 0.5) is 18.9 Å². The fraction of sp³-hybridized carbons (Fsp3) is 0.0800. The van der Waals surface area contributed by atoms with E-state index in [-0.39, 0.29) is 17.3 Å². The highest BCUT2D eigenvalue weighted by atomic mass is 19.4. The maximum absolute atomic E-state index is 13.3. The van der Waals surface area contributed by atoms with Crippen LogP contribution in [0.25, 0.3) is 28.7 Å². The van der Waals surface area contributed by atoms with Gasteiger partial charge in [-0.2, -0.15) is 13.2 Å². The number of anilines is 1. The second kappa shape index (κ2) is 8.74. The highest BCUT2D eigenvalue weighted by molar-refractivity contribution is 5.88. The lowest BCUT2D eigenvalue weighted by Crippen LogP contribution is -2.22. The molecule has 0 aliphatic heterocycles. The number of nitrogens with one attached hydrogen (secondary N) is 1. The van der Waals surface area contributed by atoms with E-state index in [1.807, 2.05) is 0 Å². The number of para-hydroxylation sites is 1. The first-order valence-electron chi connectivity index (χ1n) is 9.97. The third-order valence-electron chi connectivity index (χ3n) is 4.89. The zero-order valence-electron chi connectivity index (χ0n) is 17.4. The summed E-state index contributed by atoms with van der Waals surface area (Å²) in [5, 5.41) is 3.06. The molecule has 5 nitrogen and oxygen atoms in total. The standard InChI is InChI=1S/C25H18F3N3O2/c1-16(32)29-19-10-12-20(13-11-19)31-23(30-22-8-3-2-7-21(22)24(31)33)14-9-17-5-4-6-18(15-17)25(26,27)28/h2-15H,1H3,(H,29,32)/b14-9-. The predicted molar refractivity (Wildman–Crippen MR) is 122 cm³/mol. The SMILES string of the molecule is CC(=O)Nc1ccc(-n2c(/C=C\c3cccc(C(F)(F)F)c3)nc3ccccc3c2=O)cc1. The second-order valence-corrected chi connectivity index (χ2v) is 7.31. The van der Waals surface area contributed by atoms with Gasteiger partial charge >= 0.3 is 6.18 Å². The Balaban J connectivity index is 1.83. The van der Waals surface area contributed by atoms with Crippen LogP contribution < -0.4 is 10.9 Å². The fourth-order valence-corrected chi connectivity index (χ4v) is 3.40. The molecule has 166 valence electrons. The van der Waals surface area contributed by atoms with Gasteiger partial charge in [-0.05, 0) is 60.2 Å². The maximum Gasteiger partial charge on any atom is 0.416 e. The number of carbonyl (C=O) groups is 1. The van der Waals surface area contributed by atoms with E-state index in [1.54, 1.807) is 48.5 Å². The van der Waals surface area contributed by atoms with Crippen molar-refractivity contribution < 1.29 is 18.0 Å². The van der Waals surface area contributed by atoms with Gasteiger partial charge in [0, 0.05) is 12.6 Å². The smallest absolute Gasteiger partial charge is 0.326 e. The molecule has 0 bridgehead atoms. The molecule has 0 spiro atoms. The molecule has 0 fully saturated rings. The lowest BCUT2D eigenvalue weighted by Gasteiger charge is -2.12. The van der Waals surface area contributed by atoms with Crippen LogP contribution in [-0.2, 0) is 11.0 Å². The number of amides is 1. The van der Waals surface area contributed by atoms with Crippen molar-refractivity contribution in [3.05, 3.63) is 100 Å². The molecule has 8 heteroatoms. The summed E-state index contributed by atoms with van der Waals surface area (Å²) in [6.07, 6.45) is -1.47. The lowest BCUT2D eigenvalue weighted by atomic mass is 10.1. The molecule has 0 atom stereocenters. The summed E-state index contributed by atoms with van der Waals surface area (Å²) >= 11 is 0.